The van der Waals surface area contributed by atoms with E-state index >= 15 is 0 Å². The zero-order valence-electron chi connectivity index (χ0n) is 21.5. The van der Waals surface area contributed by atoms with Crippen molar-refractivity contribution in [2.75, 3.05) is 18.5 Å². The fourth-order valence-corrected chi connectivity index (χ4v) is 4.83. The van der Waals surface area contributed by atoms with Gasteiger partial charge in [-0.1, -0.05) is 35.9 Å². The van der Waals surface area contributed by atoms with E-state index in [0.29, 0.717) is 39.9 Å². The van der Waals surface area contributed by atoms with Gasteiger partial charge < -0.3 is 14.8 Å². The van der Waals surface area contributed by atoms with E-state index < -0.39 is 28.5 Å². The number of nitrogens with one attached hydrogen (secondary N) is 1. The van der Waals surface area contributed by atoms with Gasteiger partial charge in [-0.25, -0.2) is 0 Å². The number of amides is 3. The number of nitro groups is 1. The number of nitrogens with zero attached hydrogens (tertiary/aromatic N) is 2. The Labute approximate surface area is 239 Å². The van der Waals surface area contributed by atoms with Gasteiger partial charge in [-0.3, -0.25) is 29.4 Å². The van der Waals surface area contributed by atoms with Crippen LogP contribution < -0.4 is 14.8 Å². The fraction of sp³-hybridized carbons (Fsp3) is 0.179. The lowest BCUT2D eigenvalue weighted by molar-refractivity contribution is -0.385. The van der Waals surface area contributed by atoms with Crippen LogP contribution in [0.3, 0.4) is 0 Å². The van der Waals surface area contributed by atoms with Crippen LogP contribution in [0.25, 0.3) is 6.08 Å². The second-order valence-electron chi connectivity index (χ2n) is 8.59. The van der Waals surface area contributed by atoms with Crippen molar-refractivity contribution in [1.29, 1.82) is 0 Å². The maximum Gasteiger partial charge on any atom is 0.294 e. The van der Waals surface area contributed by atoms with Gasteiger partial charge in [0.05, 0.1) is 22.0 Å². The summed E-state index contributed by atoms with van der Waals surface area (Å²) in [5, 5.41) is 13.8. The molecule has 0 saturated carbocycles. The molecule has 0 aromatic heterocycles. The number of hydrogen-bond acceptors (Lipinski definition) is 8. The molecule has 40 heavy (non-hydrogen) atoms. The Morgan fingerprint density at radius 1 is 1.10 bits per heavy atom. The Hall–Kier alpha value is -4.35. The van der Waals surface area contributed by atoms with Crippen LogP contribution in [0, 0.1) is 17.0 Å². The molecular formula is C28H24ClN3O7S. The van der Waals surface area contributed by atoms with E-state index in [4.69, 9.17) is 21.1 Å². The molecule has 3 aromatic rings. The number of anilines is 1. The molecule has 3 amide bonds. The number of ether oxygens (including phenoxy) is 2. The van der Waals surface area contributed by atoms with Crippen LogP contribution in [-0.4, -0.2) is 40.0 Å². The van der Waals surface area contributed by atoms with Crippen molar-refractivity contribution in [3.05, 3.63) is 97.4 Å². The monoisotopic (exact) mass is 581 g/mol. The molecule has 1 N–H and O–H groups in total. The van der Waals surface area contributed by atoms with Crippen LogP contribution in [0.4, 0.5) is 16.2 Å². The van der Waals surface area contributed by atoms with Crippen LogP contribution in [0.1, 0.15) is 23.6 Å². The van der Waals surface area contributed by atoms with Gasteiger partial charge in [-0.15, -0.1) is 0 Å². The molecule has 1 heterocycles. The zero-order valence-corrected chi connectivity index (χ0v) is 23.1. The minimum absolute atomic E-state index is 0.0494. The van der Waals surface area contributed by atoms with Crippen LogP contribution in [0.15, 0.2) is 65.6 Å². The smallest absolute Gasteiger partial charge is 0.294 e. The molecule has 0 unspecified atom stereocenters. The summed E-state index contributed by atoms with van der Waals surface area (Å²) in [6, 6.07) is 16.2. The molecule has 0 aliphatic carbocycles. The summed E-state index contributed by atoms with van der Waals surface area (Å²) < 4.78 is 11.5. The molecule has 0 spiro atoms. The maximum atomic E-state index is 13.0. The molecule has 0 bridgehead atoms. The molecule has 12 heteroatoms. The van der Waals surface area contributed by atoms with Gasteiger partial charge in [0.1, 0.15) is 13.2 Å². The van der Waals surface area contributed by atoms with Crippen molar-refractivity contribution in [3.8, 4) is 11.5 Å². The standard InChI is InChI=1S/C28H24ClN3O7S/c1-3-38-24-12-18(9-11-23(24)39-16-19-6-4-5-7-22(19)32(36)37)13-25-27(34)31(28(35)40-25)15-26(33)30-21-14-20(29)10-8-17(21)2/h4-14H,3,15-16H2,1-2H3,(H,30,33)/b25-13+. The van der Waals surface area contributed by atoms with Gasteiger partial charge in [0.25, 0.3) is 16.8 Å². The Morgan fingerprint density at radius 2 is 1.88 bits per heavy atom. The first-order chi connectivity index (χ1) is 19.2. The Morgan fingerprint density at radius 3 is 2.62 bits per heavy atom. The zero-order chi connectivity index (χ0) is 28.8. The van der Waals surface area contributed by atoms with E-state index in [1.165, 1.54) is 12.1 Å². The maximum absolute atomic E-state index is 13.0. The number of imide groups is 1. The Bertz CT molecular complexity index is 1530. The topological polar surface area (TPSA) is 128 Å². The third-order valence-electron chi connectivity index (χ3n) is 5.79. The summed E-state index contributed by atoms with van der Waals surface area (Å²) in [7, 11) is 0. The van der Waals surface area contributed by atoms with Crippen LogP contribution in [0.2, 0.25) is 5.02 Å². The van der Waals surface area contributed by atoms with Crippen LogP contribution in [0.5, 0.6) is 11.5 Å². The highest BCUT2D eigenvalue weighted by atomic mass is 35.5. The highest BCUT2D eigenvalue weighted by Crippen LogP contribution is 2.35. The summed E-state index contributed by atoms with van der Waals surface area (Å²) in [4.78, 5) is 49.9. The number of thioether (sulfide) groups is 1. The summed E-state index contributed by atoms with van der Waals surface area (Å²) in [5.74, 6) is -0.404. The summed E-state index contributed by atoms with van der Waals surface area (Å²) >= 11 is 6.72. The SMILES string of the molecule is CCOc1cc(/C=C2/SC(=O)N(CC(=O)Nc3cc(Cl)ccc3C)C2=O)ccc1OCc1ccccc1[N+](=O)[O-]. The largest absolute Gasteiger partial charge is 0.490 e. The van der Waals surface area contributed by atoms with Gasteiger partial charge in [-0.05, 0) is 73.1 Å². The number of nitro benzene ring substituents is 1. The van der Waals surface area contributed by atoms with E-state index in [9.17, 15) is 24.5 Å². The molecule has 0 radical (unpaired) electrons. The van der Waals surface area contributed by atoms with Gasteiger partial charge >= 0.3 is 0 Å². The average Bonchev–Trinajstić information content (AvgIpc) is 3.17. The number of benzene rings is 3. The lowest BCUT2D eigenvalue weighted by Crippen LogP contribution is -2.36. The van der Waals surface area contributed by atoms with Gasteiger partial charge in [0, 0.05) is 16.8 Å². The molecule has 3 aromatic carbocycles. The average molecular weight is 582 g/mol. The molecule has 1 aliphatic heterocycles. The molecule has 206 valence electrons. The number of carbonyl (C=O) groups excluding carboxylic acids is 3. The highest BCUT2D eigenvalue weighted by Gasteiger charge is 2.36. The minimum Gasteiger partial charge on any atom is -0.490 e. The first kappa shape index (κ1) is 28.7. The van der Waals surface area contributed by atoms with Crippen molar-refractivity contribution in [2.45, 2.75) is 20.5 Å². The van der Waals surface area contributed by atoms with Gasteiger partial charge in [0.15, 0.2) is 11.5 Å². The van der Waals surface area contributed by atoms with E-state index in [1.54, 1.807) is 68.4 Å². The number of carbonyl (C=O) groups is 3. The predicted molar refractivity (Wildman–Crippen MR) is 153 cm³/mol. The van der Waals surface area contributed by atoms with Crippen molar-refractivity contribution in [2.24, 2.45) is 0 Å². The molecular weight excluding hydrogens is 558 g/mol. The van der Waals surface area contributed by atoms with Crippen LogP contribution in [-0.2, 0) is 16.2 Å². The van der Waals surface area contributed by atoms with Gasteiger partial charge in [0.2, 0.25) is 5.91 Å². The highest BCUT2D eigenvalue weighted by molar-refractivity contribution is 8.18. The Balaban J connectivity index is 1.47. The first-order valence-corrected chi connectivity index (χ1v) is 13.3. The number of para-hydroxylation sites is 1. The molecule has 0 atom stereocenters. The second-order valence-corrected chi connectivity index (χ2v) is 10.0. The van der Waals surface area contributed by atoms with E-state index in [2.05, 4.69) is 5.32 Å². The van der Waals surface area contributed by atoms with Crippen molar-refractivity contribution in [3.63, 3.8) is 0 Å². The van der Waals surface area contributed by atoms with Gasteiger partial charge in [-0.2, -0.15) is 0 Å². The molecule has 4 rings (SSSR count). The van der Waals surface area contributed by atoms with Crippen molar-refractivity contribution in [1.82, 2.24) is 4.90 Å². The lowest BCUT2D eigenvalue weighted by atomic mass is 10.1. The molecule has 1 aliphatic rings. The Kier molecular flexibility index (Phi) is 9.08. The van der Waals surface area contributed by atoms with Crippen molar-refractivity contribution < 1.29 is 28.8 Å². The number of hydrogen-bond donors (Lipinski definition) is 1. The minimum atomic E-state index is -0.595. The summed E-state index contributed by atoms with van der Waals surface area (Å²) in [5.41, 5.74) is 2.19. The molecule has 1 saturated heterocycles. The number of aryl methyl sites for hydroxylation is 1. The number of halogens is 1. The second kappa shape index (κ2) is 12.7. The fourth-order valence-electron chi connectivity index (χ4n) is 3.82. The quantitative estimate of drug-likeness (QED) is 0.170. The summed E-state index contributed by atoms with van der Waals surface area (Å²) in [6.45, 7) is 3.42. The molecule has 10 nitrogen and oxygen atoms in total. The normalized spacial score (nSPS) is 14.0. The summed E-state index contributed by atoms with van der Waals surface area (Å²) in [6.07, 6.45) is 1.53. The van der Waals surface area contributed by atoms with E-state index in [0.717, 1.165) is 22.2 Å². The molecule has 1 fully saturated rings. The first-order valence-electron chi connectivity index (χ1n) is 12.1. The van der Waals surface area contributed by atoms with E-state index in [1.807, 2.05) is 0 Å². The van der Waals surface area contributed by atoms with E-state index in [-0.39, 0.29) is 17.2 Å². The lowest BCUT2D eigenvalue weighted by Gasteiger charge is -2.14. The van der Waals surface area contributed by atoms with Crippen molar-refractivity contribution >= 4 is 57.9 Å². The third-order valence-corrected chi connectivity index (χ3v) is 6.93. The number of rotatable bonds is 10. The van der Waals surface area contributed by atoms with Crippen LogP contribution >= 0.6 is 23.4 Å². The predicted octanol–water partition coefficient (Wildman–Crippen LogP) is 6.21. The third kappa shape index (κ3) is 6.80.